The molecule has 1 aromatic carbocycles. The van der Waals surface area contributed by atoms with Crippen LogP contribution in [0.4, 0.5) is 0 Å². The van der Waals surface area contributed by atoms with Crippen LogP contribution in [0.25, 0.3) is 0 Å². The van der Waals surface area contributed by atoms with E-state index in [1.165, 1.54) is 6.42 Å². The van der Waals surface area contributed by atoms with Gasteiger partial charge in [-0.25, -0.2) is 0 Å². The summed E-state index contributed by atoms with van der Waals surface area (Å²) in [5.74, 6) is 0.854. The van der Waals surface area contributed by atoms with E-state index in [1.54, 1.807) is 0 Å². The van der Waals surface area contributed by atoms with Crippen LogP contribution >= 0.6 is 15.9 Å². The van der Waals surface area contributed by atoms with E-state index in [2.05, 4.69) is 29.8 Å². The Bertz CT molecular complexity index is 497. The second-order valence-electron chi connectivity index (χ2n) is 6.09. The highest BCUT2D eigenvalue weighted by Crippen LogP contribution is 2.27. The quantitative estimate of drug-likeness (QED) is 0.813. The highest BCUT2D eigenvalue weighted by atomic mass is 79.9. The molecule has 116 valence electrons. The number of likely N-dealkylation sites (tertiary alicyclic amines) is 1. The van der Waals surface area contributed by atoms with Crippen LogP contribution in [0.5, 0.6) is 5.75 Å². The van der Waals surface area contributed by atoms with Crippen molar-refractivity contribution < 1.29 is 9.53 Å². The van der Waals surface area contributed by atoms with Gasteiger partial charge in [-0.05, 0) is 70.2 Å². The van der Waals surface area contributed by atoms with Crippen LogP contribution in [0.2, 0.25) is 0 Å². The van der Waals surface area contributed by atoms with Gasteiger partial charge in [-0.15, -0.1) is 0 Å². The standard InChI is InChI=1S/C17H24BrNO2/c1-11-8-15(9-12(2)17(11)18)21-10-16(20)19-13(3)6-5-7-14(19)4/h8-9,13-14H,5-7,10H2,1-4H3/t13-,14-/m0/s1. The second kappa shape index (κ2) is 6.82. The van der Waals surface area contributed by atoms with Gasteiger partial charge in [0.25, 0.3) is 5.91 Å². The van der Waals surface area contributed by atoms with E-state index < -0.39 is 0 Å². The van der Waals surface area contributed by atoms with Crippen molar-refractivity contribution in [3.05, 3.63) is 27.7 Å². The molecule has 0 aliphatic carbocycles. The van der Waals surface area contributed by atoms with Crippen molar-refractivity contribution in [3.63, 3.8) is 0 Å². The first-order chi connectivity index (χ1) is 9.90. The summed E-state index contributed by atoms with van der Waals surface area (Å²) < 4.78 is 6.82. The van der Waals surface area contributed by atoms with Gasteiger partial charge in [0.15, 0.2) is 6.61 Å². The van der Waals surface area contributed by atoms with Crippen molar-refractivity contribution in [2.45, 2.75) is 59.0 Å². The third-order valence-corrected chi connectivity index (χ3v) is 5.50. The van der Waals surface area contributed by atoms with Crippen LogP contribution in [0, 0.1) is 13.8 Å². The van der Waals surface area contributed by atoms with E-state index in [1.807, 2.05) is 30.9 Å². The molecular formula is C17H24BrNO2. The lowest BCUT2D eigenvalue weighted by molar-refractivity contribution is -0.139. The summed E-state index contributed by atoms with van der Waals surface area (Å²) in [6.07, 6.45) is 3.39. The Morgan fingerprint density at radius 2 is 1.76 bits per heavy atom. The molecule has 1 aliphatic heterocycles. The second-order valence-corrected chi connectivity index (χ2v) is 6.88. The number of aryl methyl sites for hydroxylation is 2. The molecule has 0 saturated carbocycles. The first-order valence-electron chi connectivity index (χ1n) is 7.61. The molecule has 2 atom stereocenters. The summed E-state index contributed by atoms with van der Waals surface area (Å²) >= 11 is 3.54. The predicted molar refractivity (Wildman–Crippen MR) is 88.7 cm³/mol. The molecule has 0 unspecified atom stereocenters. The molecule has 21 heavy (non-hydrogen) atoms. The van der Waals surface area contributed by atoms with E-state index in [9.17, 15) is 4.79 Å². The van der Waals surface area contributed by atoms with Crippen LogP contribution in [0.1, 0.15) is 44.2 Å². The fourth-order valence-electron chi connectivity index (χ4n) is 3.12. The highest BCUT2D eigenvalue weighted by molar-refractivity contribution is 9.10. The molecule has 4 heteroatoms. The lowest BCUT2D eigenvalue weighted by atomic mass is 9.97. The Morgan fingerprint density at radius 1 is 1.24 bits per heavy atom. The topological polar surface area (TPSA) is 29.5 Å². The van der Waals surface area contributed by atoms with Crippen molar-refractivity contribution in [2.75, 3.05) is 6.61 Å². The Hall–Kier alpha value is -1.03. The van der Waals surface area contributed by atoms with Crippen molar-refractivity contribution in [2.24, 2.45) is 0 Å². The van der Waals surface area contributed by atoms with E-state index in [0.29, 0.717) is 12.1 Å². The van der Waals surface area contributed by atoms with Crippen LogP contribution < -0.4 is 4.74 Å². The molecule has 0 aromatic heterocycles. The lowest BCUT2D eigenvalue weighted by Gasteiger charge is -2.39. The SMILES string of the molecule is Cc1cc(OCC(=O)N2[C@@H](C)CCC[C@@H]2C)cc(C)c1Br. The minimum atomic E-state index is 0.0907. The van der Waals surface area contributed by atoms with E-state index >= 15 is 0 Å². The smallest absolute Gasteiger partial charge is 0.260 e. The molecule has 0 spiro atoms. The Balaban J connectivity index is 2.01. The number of rotatable bonds is 3. The number of hydrogen-bond donors (Lipinski definition) is 0. The van der Waals surface area contributed by atoms with Gasteiger partial charge in [-0.2, -0.15) is 0 Å². The molecule has 1 aromatic rings. The maximum Gasteiger partial charge on any atom is 0.260 e. The average Bonchev–Trinajstić information content (AvgIpc) is 2.42. The molecule has 1 heterocycles. The van der Waals surface area contributed by atoms with Crippen molar-refractivity contribution >= 4 is 21.8 Å². The fourth-order valence-corrected chi connectivity index (χ4v) is 3.35. The molecule has 0 radical (unpaired) electrons. The van der Waals surface area contributed by atoms with Crippen molar-refractivity contribution in [1.29, 1.82) is 0 Å². The fraction of sp³-hybridized carbons (Fsp3) is 0.588. The molecule has 1 saturated heterocycles. The minimum absolute atomic E-state index is 0.0907. The van der Waals surface area contributed by atoms with Gasteiger partial charge >= 0.3 is 0 Å². The molecular weight excluding hydrogens is 330 g/mol. The van der Waals surface area contributed by atoms with Crippen LogP contribution in [-0.2, 0) is 4.79 Å². The van der Waals surface area contributed by atoms with Gasteiger partial charge < -0.3 is 9.64 Å². The zero-order chi connectivity index (χ0) is 15.6. The zero-order valence-electron chi connectivity index (χ0n) is 13.3. The summed E-state index contributed by atoms with van der Waals surface area (Å²) in [6, 6.07) is 4.57. The number of carbonyl (C=O) groups excluding carboxylic acids is 1. The highest BCUT2D eigenvalue weighted by Gasteiger charge is 2.28. The summed E-state index contributed by atoms with van der Waals surface area (Å²) in [6.45, 7) is 8.43. The average molecular weight is 354 g/mol. The number of hydrogen-bond acceptors (Lipinski definition) is 2. The van der Waals surface area contributed by atoms with E-state index in [0.717, 1.165) is 34.2 Å². The molecule has 1 amide bonds. The van der Waals surface area contributed by atoms with E-state index in [4.69, 9.17) is 4.74 Å². The van der Waals surface area contributed by atoms with Crippen LogP contribution in [-0.4, -0.2) is 29.5 Å². The Morgan fingerprint density at radius 3 is 2.29 bits per heavy atom. The maximum atomic E-state index is 12.4. The normalized spacial score (nSPS) is 22.2. The third kappa shape index (κ3) is 3.79. The van der Waals surface area contributed by atoms with Gasteiger partial charge in [0.05, 0.1) is 0 Å². The van der Waals surface area contributed by atoms with Gasteiger partial charge in [-0.1, -0.05) is 15.9 Å². The summed E-state index contributed by atoms with van der Waals surface area (Å²) in [5, 5.41) is 0. The van der Waals surface area contributed by atoms with Gasteiger partial charge in [0.1, 0.15) is 5.75 Å². The molecule has 1 aliphatic rings. The zero-order valence-corrected chi connectivity index (χ0v) is 14.9. The number of carbonyl (C=O) groups is 1. The van der Waals surface area contributed by atoms with Gasteiger partial charge in [-0.3, -0.25) is 4.79 Å². The maximum absolute atomic E-state index is 12.4. The molecule has 1 fully saturated rings. The molecule has 2 rings (SSSR count). The summed E-state index contributed by atoms with van der Waals surface area (Å²) in [4.78, 5) is 14.4. The largest absolute Gasteiger partial charge is 0.484 e. The van der Waals surface area contributed by atoms with Gasteiger partial charge in [0, 0.05) is 16.6 Å². The minimum Gasteiger partial charge on any atom is -0.484 e. The third-order valence-electron chi connectivity index (χ3n) is 4.25. The van der Waals surface area contributed by atoms with Crippen molar-refractivity contribution in [3.8, 4) is 5.75 Å². The monoisotopic (exact) mass is 353 g/mol. The lowest BCUT2D eigenvalue weighted by Crippen LogP contribution is -2.49. The number of nitrogens with zero attached hydrogens (tertiary/aromatic N) is 1. The Labute approximate surface area is 135 Å². The molecule has 0 bridgehead atoms. The Kier molecular flexibility index (Phi) is 5.31. The first-order valence-corrected chi connectivity index (χ1v) is 8.40. The summed E-state index contributed by atoms with van der Waals surface area (Å²) in [5.41, 5.74) is 2.24. The van der Waals surface area contributed by atoms with Gasteiger partial charge in [0.2, 0.25) is 0 Å². The first kappa shape index (κ1) is 16.3. The molecule has 3 nitrogen and oxygen atoms in total. The van der Waals surface area contributed by atoms with Crippen LogP contribution in [0.15, 0.2) is 16.6 Å². The van der Waals surface area contributed by atoms with Crippen LogP contribution in [0.3, 0.4) is 0 Å². The number of piperidine rings is 1. The van der Waals surface area contributed by atoms with E-state index in [-0.39, 0.29) is 12.5 Å². The number of amides is 1. The number of ether oxygens (including phenoxy) is 1. The van der Waals surface area contributed by atoms with Crippen molar-refractivity contribution in [1.82, 2.24) is 4.90 Å². The number of halogens is 1. The predicted octanol–water partition coefficient (Wildman–Crippen LogP) is 4.23. The molecule has 0 N–H and O–H groups in total. The summed E-state index contributed by atoms with van der Waals surface area (Å²) in [7, 11) is 0. The number of benzene rings is 1.